The van der Waals surface area contributed by atoms with Crippen LogP contribution in [0.15, 0.2) is 145 Å². The van der Waals surface area contributed by atoms with Gasteiger partial charge in [0.2, 0.25) is 0 Å². The molecule has 4 aliphatic rings. The number of phenolic OH excluding ortho intramolecular Hbond substituents is 4. The second kappa shape index (κ2) is 12.7. The topological polar surface area (TPSA) is 133 Å². The van der Waals surface area contributed by atoms with Crippen molar-refractivity contribution < 1.29 is 20.4 Å². The van der Waals surface area contributed by atoms with Gasteiger partial charge in [0, 0.05) is 57.4 Å². The highest BCUT2D eigenvalue weighted by molar-refractivity contribution is 5.84. The quantitative estimate of drug-likeness (QED) is 0.124. The molecule has 4 aliphatic heterocycles. The number of H-pyrrole nitrogens is 1. The summed E-state index contributed by atoms with van der Waals surface area (Å²) in [6, 6.07) is 33.3. The van der Waals surface area contributed by atoms with E-state index in [0.29, 0.717) is 6.42 Å². The first kappa shape index (κ1) is 31.6. The van der Waals surface area contributed by atoms with E-state index in [2.05, 4.69) is 51.3 Å². The van der Waals surface area contributed by atoms with Crippen LogP contribution in [-0.4, -0.2) is 43.5 Å². The molecule has 258 valence electrons. The number of aromatic amines is 1. The van der Waals surface area contributed by atoms with Crippen molar-refractivity contribution in [1.29, 1.82) is 0 Å². The highest BCUT2D eigenvalue weighted by atomic mass is 16.3. The average molecular weight is 687 g/mol. The molecular formula is C44H38N4O4. The number of aromatic nitrogens is 1. The predicted molar refractivity (Wildman–Crippen MR) is 203 cm³/mol. The average Bonchev–Trinajstić information content (AvgIpc) is 3.96. The first-order valence-corrected chi connectivity index (χ1v) is 17.6. The SMILES string of the molecule is Oc1cccc(C2=C3C=CC(N3)C(c3cccc(O)c3)=c3ccc([nH]3)=C(c3cccc(O)c3)C3=CCC(=C(c4cccc(O)c4)C4CCC2N4)N3)c1. The van der Waals surface area contributed by atoms with E-state index in [1.54, 1.807) is 36.4 Å². The van der Waals surface area contributed by atoms with Crippen LogP contribution in [0.2, 0.25) is 0 Å². The standard InChI is InChI=1S/C44H38N4O4/c49-29-9-1-5-25(21-29)41-33-13-15-35(45-33)42(26-6-2-10-30(50)22-26)37-17-19-39(47-37)44(28-8-4-12-32(52)24-28)40-20-18-38(48-40)43(36-16-14-34(41)46-36)27-7-3-11-31(51)23-27/h1-17,21-24,34,38,40,45-52H,18-20H2. The molecule has 52 heavy (non-hydrogen) atoms. The predicted octanol–water partition coefficient (Wildman–Crippen LogP) is 5.60. The Morgan fingerprint density at radius 2 is 1.10 bits per heavy atom. The zero-order valence-corrected chi connectivity index (χ0v) is 28.3. The van der Waals surface area contributed by atoms with E-state index >= 15 is 0 Å². The molecule has 0 aliphatic carbocycles. The third-order valence-electron chi connectivity index (χ3n) is 10.5. The van der Waals surface area contributed by atoms with Crippen LogP contribution in [-0.2, 0) is 0 Å². The Hall–Kier alpha value is -6.38. The molecule has 4 aromatic carbocycles. The first-order chi connectivity index (χ1) is 25.4. The molecule has 8 bridgehead atoms. The molecule has 8 heteroatoms. The molecule has 0 spiro atoms. The van der Waals surface area contributed by atoms with Crippen molar-refractivity contribution in [2.45, 2.75) is 37.4 Å². The van der Waals surface area contributed by atoms with E-state index < -0.39 is 0 Å². The highest BCUT2D eigenvalue weighted by Gasteiger charge is 2.35. The Kier molecular flexibility index (Phi) is 7.74. The number of fused-ring (bicyclic) bond motifs is 8. The number of hydrogen-bond acceptors (Lipinski definition) is 7. The maximum absolute atomic E-state index is 10.6. The van der Waals surface area contributed by atoms with Crippen LogP contribution < -0.4 is 26.6 Å². The second-order valence-electron chi connectivity index (χ2n) is 13.8. The summed E-state index contributed by atoms with van der Waals surface area (Å²) < 4.78 is 0. The molecule has 1 fully saturated rings. The monoisotopic (exact) mass is 686 g/mol. The molecule has 8 nitrogen and oxygen atoms in total. The molecule has 0 amide bonds. The van der Waals surface area contributed by atoms with Crippen molar-refractivity contribution in [2.24, 2.45) is 0 Å². The molecule has 0 saturated carbocycles. The summed E-state index contributed by atoms with van der Waals surface area (Å²) in [7, 11) is 0. The van der Waals surface area contributed by atoms with Gasteiger partial charge in [0.1, 0.15) is 23.0 Å². The van der Waals surface area contributed by atoms with Crippen molar-refractivity contribution >= 4 is 22.3 Å². The summed E-state index contributed by atoms with van der Waals surface area (Å²) in [5.74, 6) is 0.760. The number of allylic oxidation sites excluding steroid dienone is 3. The minimum Gasteiger partial charge on any atom is -0.508 e. The van der Waals surface area contributed by atoms with Crippen LogP contribution in [0.3, 0.4) is 0 Å². The lowest BCUT2D eigenvalue weighted by atomic mass is 9.93. The van der Waals surface area contributed by atoms with Gasteiger partial charge in [-0.3, -0.25) is 0 Å². The molecular weight excluding hydrogens is 649 g/mol. The molecule has 1 aromatic heterocycles. The number of phenols is 4. The summed E-state index contributed by atoms with van der Waals surface area (Å²) in [5.41, 5.74) is 10.5. The van der Waals surface area contributed by atoms with E-state index in [-0.39, 0.29) is 41.1 Å². The van der Waals surface area contributed by atoms with Crippen molar-refractivity contribution in [3.05, 3.63) is 177 Å². The summed E-state index contributed by atoms with van der Waals surface area (Å²) >= 11 is 0. The zero-order chi connectivity index (χ0) is 35.3. The molecule has 3 atom stereocenters. The number of nitrogens with one attached hydrogen (secondary N) is 4. The van der Waals surface area contributed by atoms with Gasteiger partial charge in [0.15, 0.2) is 0 Å². The normalized spacial score (nSPS) is 21.0. The van der Waals surface area contributed by atoms with Gasteiger partial charge in [-0.2, -0.15) is 0 Å². The van der Waals surface area contributed by atoms with Gasteiger partial charge in [-0.15, -0.1) is 0 Å². The lowest BCUT2D eigenvalue weighted by Crippen LogP contribution is -2.35. The smallest absolute Gasteiger partial charge is 0.116 e. The van der Waals surface area contributed by atoms with Crippen LogP contribution in [0.4, 0.5) is 0 Å². The Morgan fingerprint density at radius 1 is 0.558 bits per heavy atom. The van der Waals surface area contributed by atoms with Crippen LogP contribution in [0.1, 0.15) is 41.5 Å². The van der Waals surface area contributed by atoms with E-state index in [1.165, 1.54) is 0 Å². The van der Waals surface area contributed by atoms with Crippen LogP contribution in [0.25, 0.3) is 22.3 Å². The van der Waals surface area contributed by atoms with Gasteiger partial charge in [0.05, 0.1) is 6.04 Å². The fraction of sp³-hybridized carbons (Fsp3) is 0.136. The Morgan fingerprint density at radius 3 is 1.73 bits per heavy atom. The Labute approximate surface area is 300 Å². The molecule has 5 heterocycles. The molecule has 9 rings (SSSR count). The summed E-state index contributed by atoms with van der Waals surface area (Å²) in [5, 5.41) is 55.8. The van der Waals surface area contributed by atoms with Crippen molar-refractivity contribution in [1.82, 2.24) is 20.9 Å². The first-order valence-electron chi connectivity index (χ1n) is 17.6. The molecule has 1 saturated heterocycles. The van der Waals surface area contributed by atoms with Gasteiger partial charge in [-0.25, -0.2) is 0 Å². The number of aromatic hydroxyl groups is 4. The Balaban J connectivity index is 1.33. The largest absolute Gasteiger partial charge is 0.508 e. The zero-order valence-electron chi connectivity index (χ0n) is 28.3. The van der Waals surface area contributed by atoms with Crippen LogP contribution in [0.5, 0.6) is 23.0 Å². The fourth-order valence-electron chi connectivity index (χ4n) is 8.27. The molecule has 8 N–H and O–H groups in total. The molecule has 5 aromatic rings. The minimum atomic E-state index is -0.247. The maximum Gasteiger partial charge on any atom is 0.116 e. The third-order valence-corrected chi connectivity index (χ3v) is 10.5. The van der Waals surface area contributed by atoms with Crippen molar-refractivity contribution in [3.8, 4) is 23.0 Å². The second-order valence-corrected chi connectivity index (χ2v) is 13.8. The van der Waals surface area contributed by atoms with Crippen LogP contribution >= 0.6 is 0 Å². The van der Waals surface area contributed by atoms with Crippen molar-refractivity contribution in [3.63, 3.8) is 0 Å². The van der Waals surface area contributed by atoms with Crippen LogP contribution in [0, 0.1) is 0 Å². The lowest BCUT2D eigenvalue weighted by Gasteiger charge is -2.25. The number of benzene rings is 4. The third kappa shape index (κ3) is 5.73. The number of hydrogen-bond donors (Lipinski definition) is 8. The van der Waals surface area contributed by atoms with E-state index in [4.69, 9.17) is 0 Å². The lowest BCUT2D eigenvalue weighted by molar-refractivity contribution is 0.474. The minimum absolute atomic E-state index is 0.0419. The highest BCUT2D eigenvalue weighted by Crippen LogP contribution is 2.40. The molecule has 3 unspecified atom stereocenters. The van der Waals surface area contributed by atoms with E-state index in [9.17, 15) is 20.4 Å². The fourth-order valence-corrected chi connectivity index (χ4v) is 8.27. The molecule has 0 radical (unpaired) electrons. The summed E-state index contributed by atoms with van der Waals surface area (Å²) in [4.78, 5) is 3.72. The summed E-state index contributed by atoms with van der Waals surface area (Å²) in [6.07, 6.45) is 8.80. The van der Waals surface area contributed by atoms with Gasteiger partial charge in [-0.1, -0.05) is 60.7 Å². The Bertz CT molecular complexity index is 2500. The van der Waals surface area contributed by atoms with Gasteiger partial charge >= 0.3 is 0 Å². The van der Waals surface area contributed by atoms with Crippen molar-refractivity contribution in [2.75, 3.05) is 0 Å². The summed E-state index contributed by atoms with van der Waals surface area (Å²) in [6.45, 7) is 0. The van der Waals surface area contributed by atoms with Gasteiger partial charge in [0.25, 0.3) is 0 Å². The van der Waals surface area contributed by atoms with Gasteiger partial charge < -0.3 is 41.4 Å². The maximum atomic E-state index is 10.6. The van der Waals surface area contributed by atoms with E-state index in [1.807, 2.05) is 60.7 Å². The van der Waals surface area contributed by atoms with E-state index in [0.717, 1.165) is 85.2 Å². The number of rotatable bonds is 4. The van der Waals surface area contributed by atoms with Gasteiger partial charge in [-0.05, 0) is 113 Å².